The van der Waals surface area contributed by atoms with E-state index in [4.69, 9.17) is 0 Å². The van der Waals surface area contributed by atoms with Crippen LogP contribution in [-0.2, 0) is 9.53 Å². The molecule has 0 aromatic rings. The van der Waals surface area contributed by atoms with Crippen LogP contribution in [0.4, 0.5) is 13.2 Å². The van der Waals surface area contributed by atoms with Crippen molar-refractivity contribution in [3.63, 3.8) is 0 Å². The number of hydrogen-bond donors (Lipinski definition) is 0. The molecule has 1 aliphatic rings. The quantitative estimate of drug-likeness (QED) is 0.512. The highest BCUT2D eigenvalue weighted by Gasteiger charge is 2.49. The minimum absolute atomic E-state index is 0.537. The Morgan fingerprint density at radius 2 is 2.09 bits per heavy atom. The van der Waals surface area contributed by atoms with E-state index in [1.165, 1.54) is 6.92 Å². The van der Waals surface area contributed by atoms with E-state index in [9.17, 15) is 18.0 Å². The highest BCUT2D eigenvalue weighted by Crippen LogP contribution is 2.36. The first kappa shape index (κ1) is 8.36. The molecule has 1 fully saturated rings. The molecule has 11 heavy (non-hydrogen) atoms. The Morgan fingerprint density at radius 3 is 2.27 bits per heavy atom. The molecule has 0 aliphatic carbocycles. The van der Waals surface area contributed by atoms with Crippen LogP contribution < -0.4 is 0 Å². The molecule has 0 bridgehead atoms. The van der Waals surface area contributed by atoms with Crippen LogP contribution in [0.15, 0.2) is 0 Å². The molecule has 0 N–H and O–H groups in total. The Bertz CT molecular complexity index is 175. The maximum atomic E-state index is 12.0. The summed E-state index contributed by atoms with van der Waals surface area (Å²) in [4.78, 5) is 10.4. The summed E-state index contributed by atoms with van der Waals surface area (Å²) >= 11 is 0. The number of ether oxygens (including phenoxy) is 1. The van der Waals surface area contributed by atoms with Gasteiger partial charge in [-0.25, -0.2) is 0 Å². The fourth-order valence-electron chi connectivity index (χ4n) is 1.06. The number of halogens is 3. The van der Waals surface area contributed by atoms with E-state index in [0.29, 0.717) is 0 Å². The monoisotopic (exact) mass is 168 g/mol. The first-order chi connectivity index (χ1) is 4.91. The summed E-state index contributed by atoms with van der Waals surface area (Å²) in [6, 6.07) is 0. The molecule has 0 saturated carbocycles. The average molecular weight is 168 g/mol. The molecule has 0 radical (unpaired) electrons. The van der Waals surface area contributed by atoms with Gasteiger partial charge in [0.15, 0.2) is 0 Å². The molecule has 0 aromatic heterocycles. The van der Waals surface area contributed by atoms with Crippen LogP contribution in [0, 0.1) is 5.92 Å². The van der Waals surface area contributed by atoms with Gasteiger partial charge < -0.3 is 4.74 Å². The summed E-state index contributed by atoms with van der Waals surface area (Å²) in [6.45, 7) is 1.25. The van der Waals surface area contributed by atoms with Crippen molar-refractivity contribution < 1.29 is 22.7 Å². The molecule has 2 nitrogen and oxygen atoms in total. The van der Waals surface area contributed by atoms with Crippen molar-refractivity contribution >= 4 is 5.97 Å². The van der Waals surface area contributed by atoms with Crippen LogP contribution in [0.25, 0.3) is 0 Å². The topological polar surface area (TPSA) is 26.3 Å². The lowest BCUT2D eigenvalue weighted by Gasteiger charge is -2.15. The Balaban J connectivity index is 2.67. The Morgan fingerprint density at radius 1 is 1.55 bits per heavy atom. The highest BCUT2D eigenvalue weighted by atomic mass is 19.4. The third kappa shape index (κ3) is 1.64. The normalized spacial score (nSPS) is 32.2. The van der Waals surface area contributed by atoms with Gasteiger partial charge in [0, 0.05) is 0 Å². The molecule has 1 aliphatic heterocycles. The molecule has 1 heterocycles. The molecule has 2 atom stereocenters. The van der Waals surface area contributed by atoms with Gasteiger partial charge in [-0.3, -0.25) is 4.79 Å². The molecule has 0 aromatic carbocycles. The lowest BCUT2D eigenvalue weighted by atomic mass is 10.0. The molecular weight excluding hydrogens is 161 g/mol. The number of rotatable bonds is 0. The van der Waals surface area contributed by atoms with Crippen LogP contribution >= 0.6 is 0 Å². The summed E-state index contributed by atoms with van der Waals surface area (Å²) in [5.41, 5.74) is 0. The number of hydrogen-bond acceptors (Lipinski definition) is 2. The van der Waals surface area contributed by atoms with Gasteiger partial charge in [0.25, 0.3) is 0 Å². The van der Waals surface area contributed by atoms with E-state index in [2.05, 4.69) is 4.74 Å². The number of alkyl halides is 3. The first-order valence-electron chi connectivity index (χ1n) is 3.17. The summed E-state index contributed by atoms with van der Waals surface area (Å²) in [7, 11) is 0. The Hall–Kier alpha value is -0.740. The van der Waals surface area contributed by atoms with Gasteiger partial charge in [-0.2, -0.15) is 13.2 Å². The van der Waals surface area contributed by atoms with Crippen molar-refractivity contribution in [1.29, 1.82) is 0 Å². The molecule has 5 heteroatoms. The van der Waals surface area contributed by atoms with Crippen LogP contribution in [0.2, 0.25) is 0 Å². The minimum Gasteiger partial charge on any atom is -0.462 e. The number of carbonyl (C=O) groups excluding carboxylic acids is 1. The predicted octanol–water partition coefficient (Wildman–Crippen LogP) is 1.50. The van der Waals surface area contributed by atoms with Crippen LogP contribution in [-0.4, -0.2) is 18.2 Å². The average Bonchev–Trinajstić information content (AvgIpc) is 2.08. The molecule has 2 unspecified atom stereocenters. The second-order valence-corrected chi connectivity index (χ2v) is 2.55. The third-order valence-electron chi connectivity index (χ3n) is 1.69. The van der Waals surface area contributed by atoms with Gasteiger partial charge in [-0.15, -0.1) is 0 Å². The molecule has 64 valence electrons. The SMILES string of the molecule is CC1OC(=O)CC1C(F)(F)F. The van der Waals surface area contributed by atoms with E-state index in [0.717, 1.165) is 0 Å². The molecule has 0 amide bonds. The zero-order valence-corrected chi connectivity index (χ0v) is 5.81. The van der Waals surface area contributed by atoms with Crippen molar-refractivity contribution in [2.75, 3.05) is 0 Å². The lowest BCUT2D eigenvalue weighted by Crippen LogP contribution is -2.28. The maximum absolute atomic E-state index is 12.0. The fraction of sp³-hybridized carbons (Fsp3) is 0.833. The highest BCUT2D eigenvalue weighted by molar-refractivity contribution is 5.72. The van der Waals surface area contributed by atoms with E-state index in [1.807, 2.05) is 0 Å². The van der Waals surface area contributed by atoms with Gasteiger partial charge in [0.05, 0.1) is 6.42 Å². The molecule has 1 saturated heterocycles. The smallest absolute Gasteiger partial charge is 0.395 e. The summed E-state index contributed by atoms with van der Waals surface area (Å²) in [6.07, 6.45) is -5.88. The van der Waals surface area contributed by atoms with Crippen molar-refractivity contribution in [3.8, 4) is 0 Å². The summed E-state index contributed by atoms with van der Waals surface area (Å²) in [5.74, 6) is -2.38. The zero-order chi connectivity index (χ0) is 8.65. The van der Waals surface area contributed by atoms with Crippen molar-refractivity contribution in [2.24, 2.45) is 5.92 Å². The van der Waals surface area contributed by atoms with Crippen molar-refractivity contribution in [1.82, 2.24) is 0 Å². The number of carbonyl (C=O) groups is 1. The lowest BCUT2D eigenvalue weighted by molar-refractivity contribution is -0.184. The molecule has 0 spiro atoms. The summed E-state index contributed by atoms with van der Waals surface area (Å²) < 4.78 is 40.2. The van der Waals surface area contributed by atoms with E-state index in [-0.39, 0.29) is 0 Å². The van der Waals surface area contributed by atoms with Crippen LogP contribution in [0.3, 0.4) is 0 Å². The van der Waals surface area contributed by atoms with Crippen molar-refractivity contribution in [2.45, 2.75) is 25.6 Å². The van der Waals surface area contributed by atoms with Crippen LogP contribution in [0.1, 0.15) is 13.3 Å². The summed E-state index contributed by atoms with van der Waals surface area (Å²) in [5, 5.41) is 0. The second kappa shape index (κ2) is 2.39. The maximum Gasteiger partial charge on any atom is 0.395 e. The number of cyclic esters (lactones) is 1. The second-order valence-electron chi connectivity index (χ2n) is 2.55. The van der Waals surface area contributed by atoms with Gasteiger partial charge >= 0.3 is 12.1 Å². The van der Waals surface area contributed by atoms with E-state index >= 15 is 0 Å². The van der Waals surface area contributed by atoms with Gasteiger partial charge in [-0.05, 0) is 6.92 Å². The van der Waals surface area contributed by atoms with E-state index in [1.54, 1.807) is 0 Å². The van der Waals surface area contributed by atoms with Gasteiger partial charge in [0.2, 0.25) is 0 Å². The van der Waals surface area contributed by atoms with Crippen molar-refractivity contribution in [3.05, 3.63) is 0 Å². The van der Waals surface area contributed by atoms with E-state index < -0.39 is 30.6 Å². The fourth-order valence-corrected chi connectivity index (χ4v) is 1.06. The van der Waals surface area contributed by atoms with Gasteiger partial charge in [-0.1, -0.05) is 0 Å². The standard InChI is InChI=1S/C6H7F3O2/c1-3-4(6(7,8)9)2-5(10)11-3/h3-4H,2H2,1H3. The third-order valence-corrected chi connectivity index (χ3v) is 1.69. The largest absolute Gasteiger partial charge is 0.462 e. The minimum atomic E-state index is -4.31. The van der Waals surface area contributed by atoms with Crippen LogP contribution in [0.5, 0.6) is 0 Å². The molecule has 1 rings (SSSR count). The predicted molar refractivity (Wildman–Crippen MR) is 29.7 cm³/mol. The Labute approximate surface area is 61.3 Å². The zero-order valence-electron chi connectivity index (χ0n) is 5.81. The molecular formula is C6H7F3O2. The Kier molecular flexibility index (Phi) is 1.82. The van der Waals surface area contributed by atoms with Gasteiger partial charge in [0.1, 0.15) is 12.0 Å². The number of esters is 1. The first-order valence-corrected chi connectivity index (χ1v) is 3.17.